The fraction of sp³-hybridized carbons (Fsp3) is 0.625. The van der Waals surface area contributed by atoms with Crippen molar-refractivity contribution < 1.29 is 4.74 Å². The molecule has 1 atom stereocenters. The minimum atomic E-state index is 0.322. The number of benzene rings is 1. The van der Waals surface area contributed by atoms with Crippen LogP contribution in [0.25, 0.3) is 0 Å². The molecule has 4 heteroatoms. The second kappa shape index (κ2) is 10.4. The number of hydrogen-bond donors (Lipinski definition) is 1. The van der Waals surface area contributed by atoms with Crippen molar-refractivity contribution in [1.29, 1.82) is 0 Å². The summed E-state index contributed by atoms with van der Waals surface area (Å²) in [4.78, 5) is 0. The van der Waals surface area contributed by atoms with Gasteiger partial charge in [0.25, 0.3) is 0 Å². The van der Waals surface area contributed by atoms with E-state index in [1.54, 1.807) is 0 Å². The second-order valence-electron chi connectivity index (χ2n) is 4.76. The SMILES string of the molecule is CCCNC(C)c1ccc(OCCCSCC)c(Cl)c1. The van der Waals surface area contributed by atoms with Crippen molar-refractivity contribution in [2.24, 2.45) is 0 Å². The predicted octanol–water partition coefficient (Wildman–Crippen LogP) is 4.92. The molecule has 0 heterocycles. The molecule has 1 aromatic rings. The summed E-state index contributed by atoms with van der Waals surface area (Å²) in [5.74, 6) is 3.10. The van der Waals surface area contributed by atoms with Crippen molar-refractivity contribution >= 4 is 23.4 Å². The van der Waals surface area contributed by atoms with Gasteiger partial charge in [0.2, 0.25) is 0 Å². The molecule has 1 aromatic carbocycles. The van der Waals surface area contributed by atoms with E-state index in [1.807, 2.05) is 23.9 Å². The molecule has 1 N–H and O–H groups in total. The van der Waals surface area contributed by atoms with E-state index in [2.05, 4.69) is 32.2 Å². The van der Waals surface area contributed by atoms with Gasteiger partial charge in [-0.25, -0.2) is 0 Å². The summed E-state index contributed by atoms with van der Waals surface area (Å²) in [6.07, 6.45) is 2.19. The Labute approximate surface area is 132 Å². The summed E-state index contributed by atoms with van der Waals surface area (Å²) in [5.41, 5.74) is 1.21. The van der Waals surface area contributed by atoms with Crippen LogP contribution in [-0.2, 0) is 0 Å². The van der Waals surface area contributed by atoms with E-state index in [1.165, 1.54) is 5.56 Å². The van der Waals surface area contributed by atoms with Gasteiger partial charge in [-0.05, 0) is 55.5 Å². The molecule has 114 valence electrons. The highest BCUT2D eigenvalue weighted by Gasteiger charge is 2.08. The first-order valence-electron chi connectivity index (χ1n) is 7.42. The maximum absolute atomic E-state index is 6.29. The van der Waals surface area contributed by atoms with Gasteiger partial charge in [0.05, 0.1) is 11.6 Å². The third kappa shape index (κ3) is 6.38. The summed E-state index contributed by atoms with van der Waals surface area (Å²) in [7, 11) is 0. The summed E-state index contributed by atoms with van der Waals surface area (Å²) in [6, 6.07) is 6.40. The van der Waals surface area contributed by atoms with Gasteiger partial charge in [-0.15, -0.1) is 0 Å². The van der Waals surface area contributed by atoms with E-state index in [-0.39, 0.29) is 0 Å². The van der Waals surface area contributed by atoms with Crippen LogP contribution in [0.15, 0.2) is 18.2 Å². The molecule has 0 aliphatic carbocycles. The molecule has 0 aromatic heterocycles. The Morgan fingerprint density at radius 2 is 2.15 bits per heavy atom. The Morgan fingerprint density at radius 3 is 2.80 bits per heavy atom. The summed E-state index contributed by atoms with van der Waals surface area (Å²) in [6.45, 7) is 8.25. The minimum Gasteiger partial charge on any atom is -0.492 e. The largest absolute Gasteiger partial charge is 0.492 e. The van der Waals surface area contributed by atoms with Crippen molar-refractivity contribution in [3.63, 3.8) is 0 Å². The zero-order valence-corrected chi connectivity index (χ0v) is 14.3. The number of hydrogen-bond acceptors (Lipinski definition) is 3. The Hall–Kier alpha value is -0.380. The monoisotopic (exact) mass is 315 g/mol. The zero-order valence-electron chi connectivity index (χ0n) is 12.7. The molecule has 0 saturated heterocycles. The van der Waals surface area contributed by atoms with Gasteiger partial charge in [-0.2, -0.15) is 11.8 Å². The van der Waals surface area contributed by atoms with Gasteiger partial charge in [0.1, 0.15) is 5.75 Å². The molecule has 1 unspecified atom stereocenters. The molecule has 0 aliphatic rings. The average Bonchev–Trinajstić information content (AvgIpc) is 2.46. The van der Waals surface area contributed by atoms with E-state index in [4.69, 9.17) is 16.3 Å². The van der Waals surface area contributed by atoms with Gasteiger partial charge < -0.3 is 10.1 Å². The van der Waals surface area contributed by atoms with E-state index in [0.717, 1.165) is 43.2 Å². The van der Waals surface area contributed by atoms with Crippen molar-refractivity contribution in [1.82, 2.24) is 5.32 Å². The zero-order chi connectivity index (χ0) is 14.8. The Balaban J connectivity index is 2.46. The lowest BCUT2D eigenvalue weighted by atomic mass is 10.1. The Bertz CT molecular complexity index is 387. The second-order valence-corrected chi connectivity index (χ2v) is 6.57. The number of ether oxygens (including phenoxy) is 1. The predicted molar refractivity (Wildman–Crippen MR) is 91.3 cm³/mol. The highest BCUT2D eigenvalue weighted by Crippen LogP contribution is 2.28. The first kappa shape index (κ1) is 17.7. The summed E-state index contributed by atoms with van der Waals surface area (Å²) < 4.78 is 5.73. The maximum atomic E-state index is 6.29. The van der Waals surface area contributed by atoms with Gasteiger partial charge in [0, 0.05) is 6.04 Å². The molecular weight excluding hydrogens is 290 g/mol. The van der Waals surface area contributed by atoms with Crippen LogP contribution in [0.4, 0.5) is 0 Å². The van der Waals surface area contributed by atoms with E-state index in [9.17, 15) is 0 Å². The van der Waals surface area contributed by atoms with Crippen molar-refractivity contribution in [2.45, 2.75) is 39.7 Å². The van der Waals surface area contributed by atoms with E-state index < -0.39 is 0 Å². The number of rotatable bonds is 10. The van der Waals surface area contributed by atoms with Crippen LogP contribution < -0.4 is 10.1 Å². The van der Waals surface area contributed by atoms with Gasteiger partial charge >= 0.3 is 0 Å². The minimum absolute atomic E-state index is 0.322. The van der Waals surface area contributed by atoms with Crippen LogP contribution >= 0.6 is 23.4 Å². The van der Waals surface area contributed by atoms with E-state index >= 15 is 0 Å². The lowest BCUT2D eigenvalue weighted by Gasteiger charge is -2.15. The third-order valence-corrected chi connectivity index (χ3v) is 4.33. The third-order valence-electron chi connectivity index (χ3n) is 3.05. The topological polar surface area (TPSA) is 21.3 Å². The van der Waals surface area contributed by atoms with Crippen LogP contribution in [-0.4, -0.2) is 24.7 Å². The van der Waals surface area contributed by atoms with Crippen LogP contribution in [0.5, 0.6) is 5.75 Å². The number of nitrogens with one attached hydrogen (secondary N) is 1. The molecule has 1 rings (SSSR count). The van der Waals surface area contributed by atoms with Crippen LogP contribution in [0.3, 0.4) is 0 Å². The van der Waals surface area contributed by atoms with Crippen molar-refractivity contribution in [3.05, 3.63) is 28.8 Å². The maximum Gasteiger partial charge on any atom is 0.137 e. The van der Waals surface area contributed by atoms with Crippen LogP contribution in [0.2, 0.25) is 5.02 Å². The van der Waals surface area contributed by atoms with E-state index in [0.29, 0.717) is 11.1 Å². The van der Waals surface area contributed by atoms with Crippen molar-refractivity contribution in [3.8, 4) is 5.75 Å². The molecule has 0 radical (unpaired) electrons. The smallest absolute Gasteiger partial charge is 0.137 e. The van der Waals surface area contributed by atoms with Gasteiger partial charge in [-0.3, -0.25) is 0 Å². The highest BCUT2D eigenvalue weighted by molar-refractivity contribution is 7.99. The fourth-order valence-corrected chi connectivity index (χ4v) is 2.72. The molecule has 0 amide bonds. The quantitative estimate of drug-likeness (QED) is 0.619. The normalized spacial score (nSPS) is 12.4. The molecule has 0 aliphatic heterocycles. The molecule has 20 heavy (non-hydrogen) atoms. The first-order valence-corrected chi connectivity index (χ1v) is 8.95. The number of halogens is 1. The van der Waals surface area contributed by atoms with Gasteiger partial charge in [0.15, 0.2) is 0 Å². The molecule has 0 bridgehead atoms. The lowest BCUT2D eigenvalue weighted by molar-refractivity contribution is 0.319. The van der Waals surface area contributed by atoms with Crippen LogP contribution in [0.1, 0.15) is 45.2 Å². The lowest BCUT2D eigenvalue weighted by Crippen LogP contribution is -2.19. The molecule has 0 saturated carbocycles. The molecule has 0 fully saturated rings. The summed E-state index contributed by atoms with van der Waals surface area (Å²) in [5, 5.41) is 4.16. The highest BCUT2D eigenvalue weighted by atomic mass is 35.5. The fourth-order valence-electron chi connectivity index (χ4n) is 1.87. The van der Waals surface area contributed by atoms with Crippen molar-refractivity contribution in [2.75, 3.05) is 24.7 Å². The first-order chi connectivity index (χ1) is 9.69. The summed E-state index contributed by atoms with van der Waals surface area (Å²) >= 11 is 8.23. The average molecular weight is 316 g/mol. The molecule has 0 spiro atoms. The number of thioether (sulfide) groups is 1. The van der Waals surface area contributed by atoms with Crippen LogP contribution in [0, 0.1) is 0 Å². The standard InChI is InChI=1S/C16H26ClNOS/c1-4-9-18-13(3)14-7-8-16(15(17)12-14)19-10-6-11-20-5-2/h7-8,12-13,18H,4-6,9-11H2,1-3H3. The molecule has 2 nitrogen and oxygen atoms in total. The molecular formula is C16H26ClNOS. The Morgan fingerprint density at radius 1 is 1.35 bits per heavy atom. The van der Waals surface area contributed by atoms with Gasteiger partial charge in [-0.1, -0.05) is 31.5 Å². The Kier molecular flexibility index (Phi) is 9.16.